The van der Waals surface area contributed by atoms with E-state index in [0.29, 0.717) is 23.9 Å². The number of ether oxygens (including phenoxy) is 1. The normalized spacial score (nSPS) is 29.1. The van der Waals surface area contributed by atoms with Crippen LogP contribution in [0.2, 0.25) is 0 Å². The maximum absolute atomic E-state index is 12.7. The van der Waals surface area contributed by atoms with Gasteiger partial charge in [-0.1, -0.05) is 18.6 Å². The fourth-order valence-corrected chi connectivity index (χ4v) is 5.71. The Kier molecular flexibility index (Phi) is 5.94. The summed E-state index contributed by atoms with van der Waals surface area (Å²) in [6.45, 7) is 2.70. The third-order valence-electron chi connectivity index (χ3n) is 6.97. The fraction of sp³-hybridized carbons (Fsp3) is 0.636. The lowest BCUT2D eigenvalue weighted by Gasteiger charge is -2.57. The molecular weight excluding hydrogens is 368 g/mol. The van der Waals surface area contributed by atoms with E-state index >= 15 is 0 Å². The van der Waals surface area contributed by atoms with Gasteiger partial charge in [-0.05, 0) is 61.8 Å². The van der Waals surface area contributed by atoms with Gasteiger partial charge in [0.25, 0.3) is 0 Å². The van der Waals surface area contributed by atoms with Gasteiger partial charge >= 0.3 is 6.03 Å². The number of likely N-dealkylation sites (tertiary alicyclic amines) is 1. The number of carbonyl (C=O) groups is 2. The van der Waals surface area contributed by atoms with Crippen LogP contribution in [0.1, 0.15) is 31.2 Å². The number of methoxy groups -OCH3 is 1. The van der Waals surface area contributed by atoms with Crippen LogP contribution in [0.3, 0.4) is 0 Å². The largest absolute Gasteiger partial charge is 0.497 e. The van der Waals surface area contributed by atoms with Gasteiger partial charge in [-0.25, -0.2) is 4.79 Å². The summed E-state index contributed by atoms with van der Waals surface area (Å²) >= 11 is 0. The first-order chi connectivity index (χ1) is 14.0. The van der Waals surface area contributed by atoms with E-state index in [0.717, 1.165) is 31.8 Å². The second kappa shape index (κ2) is 8.61. The molecule has 1 aromatic carbocycles. The second-order valence-corrected chi connectivity index (χ2v) is 8.70. The number of urea groups is 1. The molecule has 3 N–H and O–H groups in total. The Hall–Kier alpha value is -2.28. The molecule has 7 nitrogen and oxygen atoms in total. The SMILES string of the molecule is COc1cccc(C[C@H]2[C@H]3C[C@H](CN(C(=O)CNC(N)=O)C3)[C@@H]3CCCCN32)c1. The molecule has 3 heterocycles. The summed E-state index contributed by atoms with van der Waals surface area (Å²) in [5, 5.41) is 2.45. The van der Waals surface area contributed by atoms with Gasteiger partial charge < -0.3 is 20.7 Å². The number of hydrogen-bond donors (Lipinski definition) is 2. The van der Waals surface area contributed by atoms with Crippen LogP contribution in [0.15, 0.2) is 24.3 Å². The Labute approximate surface area is 172 Å². The molecule has 1 aromatic rings. The number of amides is 3. The Morgan fingerprint density at radius 2 is 2.07 bits per heavy atom. The Morgan fingerprint density at radius 1 is 1.24 bits per heavy atom. The molecule has 3 aliphatic rings. The molecular formula is C22H32N4O3. The van der Waals surface area contributed by atoms with E-state index in [4.69, 9.17) is 10.5 Å². The maximum Gasteiger partial charge on any atom is 0.312 e. The van der Waals surface area contributed by atoms with Crippen LogP contribution < -0.4 is 15.8 Å². The highest BCUT2D eigenvalue weighted by Crippen LogP contribution is 2.42. The number of nitrogens with one attached hydrogen (secondary N) is 1. The lowest BCUT2D eigenvalue weighted by molar-refractivity contribution is -0.139. The monoisotopic (exact) mass is 400 g/mol. The quantitative estimate of drug-likeness (QED) is 0.786. The summed E-state index contributed by atoms with van der Waals surface area (Å²) in [6, 6.07) is 8.68. The van der Waals surface area contributed by atoms with Crippen LogP contribution in [-0.2, 0) is 11.2 Å². The molecule has 4 rings (SSSR count). The first-order valence-corrected chi connectivity index (χ1v) is 10.7. The molecule has 0 radical (unpaired) electrons. The van der Waals surface area contributed by atoms with Crippen molar-refractivity contribution in [2.75, 3.05) is 33.3 Å². The van der Waals surface area contributed by atoms with E-state index in [1.807, 2.05) is 11.0 Å². The molecule has 3 saturated heterocycles. The van der Waals surface area contributed by atoms with Crippen molar-refractivity contribution in [2.24, 2.45) is 17.6 Å². The van der Waals surface area contributed by atoms with Crippen LogP contribution >= 0.6 is 0 Å². The maximum atomic E-state index is 12.7. The van der Waals surface area contributed by atoms with Crippen molar-refractivity contribution in [1.29, 1.82) is 0 Å². The zero-order valence-corrected chi connectivity index (χ0v) is 17.2. The van der Waals surface area contributed by atoms with Crippen LogP contribution in [0.4, 0.5) is 4.79 Å². The van der Waals surface area contributed by atoms with Crippen molar-refractivity contribution in [3.63, 3.8) is 0 Å². The van der Waals surface area contributed by atoms with Crippen molar-refractivity contribution in [3.8, 4) is 5.75 Å². The highest BCUT2D eigenvalue weighted by molar-refractivity contribution is 5.83. The zero-order chi connectivity index (χ0) is 20.4. The number of rotatable bonds is 5. The minimum absolute atomic E-state index is 0.0102. The summed E-state index contributed by atoms with van der Waals surface area (Å²) in [6.07, 6.45) is 5.91. The number of benzene rings is 1. The van der Waals surface area contributed by atoms with Gasteiger partial charge in [0.15, 0.2) is 0 Å². The van der Waals surface area contributed by atoms with E-state index in [1.54, 1.807) is 7.11 Å². The van der Waals surface area contributed by atoms with Gasteiger partial charge in [0.05, 0.1) is 13.7 Å². The van der Waals surface area contributed by atoms with Gasteiger partial charge in [-0.3, -0.25) is 9.69 Å². The van der Waals surface area contributed by atoms with Gasteiger partial charge in [0.1, 0.15) is 5.75 Å². The molecule has 0 saturated carbocycles. The number of nitrogens with two attached hydrogens (primary N) is 1. The van der Waals surface area contributed by atoms with E-state index < -0.39 is 6.03 Å². The number of carbonyl (C=O) groups excluding carboxylic acids is 2. The minimum atomic E-state index is -0.648. The number of piperidine rings is 3. The Balaban J connectivity index is 1.53. The summed E-state index contributed by atoms with van der Waals surface area (Å²) in [7, 11) is 1.70. The van der Waals surface area contributed by atoms with Gasteiger partial charge in [-0.2, -0.15) is 0 Å². The number of nitrogens with zero attached hydrogens (tertiary/aromatic N) is 2. The molecule has 0 unspecified atom stereocenters. The van der Waals surface area contributed by atoms with Gasteiger partial charge in [-0.15, -0.1) is 0 Å². The van der Waals surface area contributed by atoms with Crippen LogP contribution in [0.25, 0.3) is 0 Å². The minimum Gasteiger partial charge on any atom is -0.497 e. The molecule has 3 amide bonds. The van der Waals surface area contributed by atoms with E-state index in [2.05, 4.69) is 28.4 Å². The second-order valence-electron chi connectivity index (χ2n) is 8.70. The summed E-state index contributed by atoms with van der Waals surface area (Å²) < 4.78 is 5.42. The van der Waals surface area contributed by atoms with E-state index in [9.17, 15) is 9.59 Å². The molecule has 2 bridgehead atoms. The van der Waals surface area contributed by atoms with Crippen molar-refractivity contribution < 1.29 is 14.3 Å². The van der Waals surface area contributed by atoms with Crippen LogP contribution in [-0.4, -0.2) is 67.1 Å². The molecule has 29 heavy (non-hydrogen) atoms. The average Bonchev–Trinajstić information content (AvgIpc) is 2.75. The van der Waals surface area contributed by atoms with Gasteiger partial charge in [0, 0.05) is 25.2 Å². The predicted octanol–water partition coefficient (Wildman–Crippen LogP) is 1.61. The van der Waals surface area contributed by atoms with E-state index in [-0.39, 0.29) is 12.5 Å². The topological polar surface area (TPSA) is 87.9 Å². The van der Waals surface area contributed by atoms with Gasteiger partial charge in [0.2, 0.25) is 5.91 Å². The first kappa shape index (κ1) is 20.0. The smallest absolute Gasteiger partial charge is 0.312 e. The molecule has 4 atom stereocenters. The standard InChI is InChI=1S/C22H32N4O3/c1-29-18-6-4-5-15(9-18)10-20-17-11-16(19-7-2-3-8-26(19)20)13-25(14-17)21(27)12-24-22(23)28/h4-6,9,16-17,19-20H,2-3,7-8,10-14H2,1H3,(H3,23,24,28)/t16-,17+,19+,20+/m1/s1. The highest BCUT2D eigenvalue weighted by atomic mass is 16.5. The molecule has 3 aliphatic heterocycles. The Bertz CT molecular complexity index is 755. The average molecular weight is 401 g/mol. The molecule has 7 heteroatoms. The molecule has 0 spiro atoms. The third kappa shape index (κ3) is 4.34. The summed E-state index contributed by atoms with van der Waals surface area (Å²) in [5.41, 5.74) is 6.43. The molecule has 158 valence electrons. The third-order valence-corrected chi connectivity index (χ3v) is 6.97. The first-order valence-electron chi connectivity index (χ1n) is 10.7. The zero-order valence-electron chi connectivity index (χ0n) is 17.2. The number of primary amides is 1. The fourth-order valence-electron chi connectivity index (χ4n) is 5.71. The molecule has 0 aliphatic carbocycles. The Morgan fingerprint density at radius 3 is 2.86 bits per heavy atom. The number of hydrogen-bond acceptors (Lipinski definition) is 4. The van der Waals surface area contributed by atoms with Crippen LogP contribution in [0.5, 0.6) is 5.75 Å². The van der Waals surface area contributed by atoms with E-state index in [1.165, 1.54) is 31.2 Å². The van der Waals surface area contributed by atoms with Crippen molar-refractivity contribution in [1.82, 2.24) is 15.1 Å². The summed E-state index contributed by atoms with van der Waals surface area (Å²) in [4.78, 5) is 28.4. The predicted molar refractivity (Wildman–Crippen MR) is 111 cm³/mol. The van der Waals surface area contributed by atoms with Crippen molar-refractivity contribution >= 4 is 11.9 Å². The lowest BCUT2D eigenvalue weighted by atomic mass is 9.71. The molecule has 0 aromatic heterocycles. The van der Waals surface area contributed by atoms with Crippen molar-refractivity contribution in [2.45, 2.75) is 44.2 Å². The number of fused-ring (bicyclic) bond motifs is 4. The summed E-state index contributed by atoms with van der Waals surface area (Å²) in [5.74, 6) is 1.84. The molecule has 3 fully saturated rings. The van der Waals surface area contributed by atoms with Crippen LogP contribution in [0, 0.1) is 11.8 Å². The highest BCUT2D eigenvalue weighted by Gasteiger charge is 2.47. The van der Waals surface area contributed by atoms with Crippen molar-refractivity contribution in [3.05, 3.63) is 29.8 Å². The lowest BCUT2D eigenvalue weighted by Crippen LogP contribution is -2.65.